The number of aryl methyl sites for hydroxylation is 1. The Morgan fingerprint density at radius 1 is 1.42 bits per heavy atom. The molecule has 0 aliphatic carbocycles. The summed E-state index contributed by atoms with van der Waals surface area (Å²) in [6.07, 6.45) is 0. The molecule has 2 N–H and O–H groups in total. The quantitative estimate of drug-likeness (QED) is 0.904. The third-order valence-electron chi connectivity index (χ3n) is 4.57. The van der Waals surface area contributed by atoms with Crippen LogP contribution in [-0.4, -0.2) is 34.1 Å². The molecule has 6 nitrogen and oxygen atoms in total. The molecule has 1 aliphatic heterocycles. The molecular formula is C18H21N5O. The number of likely N-dealkylation sites (tertiary alicyclic amines) is 1. The largest absolute Gasteiger partial charge is 0.308 e. The minimum absolute atomic E-state index is 0.0685. The molecule has 6 heteroatoms. The van der Waals surface area contributed by atoms with E-state index in [0.717, 1.165) is 13.1 Å². The molecule has 2 heterocycles. The maximum Gasteiger partial charge on any atom is 0.230 e. The molecule has 124 valence electrons. The molecule has 0 spiro atoms. The van der Waals surface area contributed by atoms with Crippen LogP contribution in [0.3, 0.4) is 0 Å². The molecule has 2 atom stereocenters. The first kappa shape index (κ1) is 16.2. The Bertz CT molecular complexity index is 761. The number of carbonyl (C=O) groups excluding carboxylic acids is 1. The fourth-order valence-corrected chi connectivity index (χ4v) is 3.25. The summed E-state index contributed by atoms with van der Waals surface area (Å²) in [6, 6.07) is 12.3. The van der Waals surface area contributed by atoms with E-state index in [2.05, 4.69) is 45.5 Å². The van der Waals surface area contributed by atoms with Crippen molar-refractivity contribution < 1.29 is 4.79 Å². The van der Waals surface area contributed by atoms with Crippen LogP contribution in [0.2, 0.25) is 0 Å². The molecular weight excluding hydrogens is 302 g/mol. The number of anilines is 1. The van der Waals surface area contributed by atoms with Crippen LogP contribution in [-0.2, 0) is 11.3 Å². The fourth-order valence-electron chi connectivity index (χ4n) is 3.25. The van der Waals surface area contributed by atoms with E-state index in [-0.39, 0.29) is 17.7 Å². The first-order valence-electron chi connectivity index (χ1n) is 8.10. The lowest BCUT2D eigenvalue weighted by Gasteiger charge is -2.15. The highest BCUT2D eigenvalue weighted by Gasteiger charge is 2.35. The maximum absolute atomic E-state index is 12.6. The van der Waals surface area contributed by atoms with E-state index in [4.69, 9.17) is 5.26 Å². The van der Waals surface area contributed by atoms with Crippen LogP contribution in [0.25, 0.3) is 0 Å². The molecule has 1 saturated heterocycles. The zero-order chi connectivity index (χ0) is 17.1. The zero-order valence-electron chi connectivity index (χ0n) is 13.9. The van der Waals surface area contributed by atoms with Crippen molar-refractivity contribution in [3.05, 3.63) is 47.2 Å². The molecule has 1 aromatic heterocycles. The van der Waals surface area contributed by atoms with E-state index in [1.807, 2.05) is 18.2 Å². The summed E-state index contributed by atoms with van der Waals surface area (Å²) in [7, 11) is 0. The highest BCUT2D eigenvalue weighted by atomic mass is 16.2. The number of aromatic nitrogens is 2. The van der Waals surface area contributed by atoms with E-state index in [1.165, 1.54) is 5.56 Å². The van der Waals surface area contributed by atoms with Crippen LogP contribution in [0.5, 0.6) is 0 Å². The molecule has 1 aliphatic rings. The van der Waals surface area contributed by atoms with Crippen molar-refractivity contribution >= 4 is 11.7 Å². The topological polar surface area (TPSA) is 84.8 Å². The molecule has 0 radical (unpaired) electrons. The van der Waals surface area contributed by atoms with Crippen molar-refractivity contribution in [3.8, 4) is 6.07 Å². The monoisotopic (exact) mass is 323 g/mol. The van der Waals surface area contributed by atoms with Crippen molar-refractivity contribution in [2.24, 2.45) is 11.8 Å². The van der Waals surface area contributed by atoms with Gasteiger partial charge in [-0.3, -0.25) is 14.8 Å². The average Bonchev–Trinajstić information content (AvgIpc) is 3.11. The summed E-state index contributed by atoms with van der Waals surface area (Å²) in [5, 5.41) is 18.7. The van der Waals surface area contributed by atoms with Crippen LogP contribution in [0.15, 0.2) is 30.3 Å². The number of nitrogens with zero attached hydrogens (tertiary/aromatic N) is 3. The lowest BCUT2D eigenvalue weighted by molar-refractivity contribution is -0.120. The number of rotatable bonds is 4. The first-order chi connectivity index (χ1) is 11.6. The SMILES string of the molecule is Cc1[nH]nc(NC(=O)[C@@H]2CN(Cc3ccccc3)C[C@H]2C)c1C#N. The van der Waals surface area contributed by atoms with E-state index in [0.29, 0.717) is 23.6 Å². The zero-order valence-corrected chi connectivity index (χ0v) is 13.9. The number of hydrogen-bond donors (Lipinski definition) is 2. The van der Waals surface area contributed by atoms with Gasteiger partial charge >= 0.3 is 0 Å². The second-order valence-electron chi connectivity index (χ2n) is 6.44. The van der Waals surface area contributed by atoms with Crippen LogP contribution in [0.4, 0.5) is 5.82 Å². The first-order valence-corrected chi connectivity index (χ1v) is 8.10. The normalized spacial score (nSPS) is 20.7. The van der Waals surface area contributed by atoms with Crippen LogP contribution < -0.4 is 5.32 Å². The van der Waals surface area contributed by atoms with Gasteiger partial charge in [0.2, 0.25) is 5.91 Å². The number of aromatic amines is 1. The number of carbonyl (C=O) groups is 1. The van der Waals surface area contributed by atoms with Gasteiger partial charge < -0.3 is 5.32 Å². The second kappa shape index (κ2) is 6.85. The van der Waals surface area contributed by atoms with E-state index in [9.17, 15) is 4.79 Å². The minimum atomic E-state index is -0.0998. The van der Waals surface area contributed by atoms with Crippen molar-refractivity contribution in [2.75, 3.05) is 18.4 Å². The molecule has 1 amide bonds. The van der Waals surface area contributed by atoms with Crippen molar-refractivity contribution in [1.82, 2.24) is 15.1 Å². The average molecular weight is 323 g/mol. The summed E-state index contributed by atoms with van der Waals surface area (Å²) in [4.78, 5) is 14.9. The lowest BCUT2D eigenvalue weighted by Crippen LogP contribution is -2.29. The number of H-pyrrole nitrogens is 1. The van der Waals surface area contributed by atoms with E-state index < -0.39 is 0 Å². The Balaban J connectivity index is 1.64. The van der Waals surface area contributed by atoms with Crippen LogP contribution >= 0.6 is 0 Å². The lowest BCUT2D eigenvalue weighted by atomic mass is 9.97. The third kappa shape index (κ3) is 3.31. The van der Waals surface area contributed by atoms with Gasteiger partial charge in [0.1, 0.15) is 11.6 Å². The van der Waals surface area contributed by atoms with Gasteiger partial charge in [-0.15, -0.1) is 0 Å². The fraction of sp³-hybridized carbons (Fsp3) is 0.389. The van der Waals surface area contributed by atoms with Gasteiger partial charge in [0, 0.05) is 19.6 Å². The van der Waals surface area contributed by atoms with E-state index in [1.54, 1.807) is 6.92 Å². The summed E-state index contributed by atoms with van der Waals surface area (Å²) in [5.41, 5.74) is 2.31. The van der Waals surface area contributed by atoms with Gasteiger partial charge in [-0.05, 0) is 18.4 Å². The minimum Gasteiger partial charge on any atom is -0.308 e. The summed E-state index contributed by atoms with van der Waals surface area (Å²) in [5.74, 6) is 0.423. The van der Waals surface area contributed by atoms with Gasteiger partial charge in [0.25, 0.3) is 0 Å². The predicted octanol–water partition coefficient (Wildman–Crippen LogP) is 2.30. The number of amides is 1. The Hall–Kier alpha value is -2.65. The van der Waals surface area contributed by atoms with Crippen molar-refractivity contribution in [2.45, 2.75) is 20.4 Å². The number of nitriles is 1. The van der Waals surface area contributed by atoms with Gasteiger partial charge in [-0.25, -0.2) is 0 Å². The Morgan fingerprint density at radius 2 is 2.17 bits per heavy atom. The van der Waals surface area contributed by atoms with E-state index >= 15 is 0 Å². The third-order valence-corrected chi connectivity index (χ3v) is 4.57. The smallest absolute Gasteiger partial charge is 0.230 e. The van der Waals surface area contributed by atoms with Gasteiger partial charge in [0.05, 0.1) is 11.6 Å². The molecule has 3 rings (SSSR count). The Labute approximate surface area is 141 Å². The summed E-state index contributed by atoms with van der Waals surface area (Å²) < 4.78 is 0. The molecule has 2 aromatic rings. The molecule has 24 heavy (non-hydrogen) atoms. The summed E-state index contributed by atoms with van der Waals surface area (Å²) in [6.45, 7) is 6.31. The van der Waals surface area contributed by atoms with Crippen LogP contribution in [0.1, 0.15) is 23.7 Å². The second-order valence-corrected chi connectivity index (χ2v) is 6.44. The van der Waals surface area contributed by atoms with Gasteiger partial charge in [-0.1, -0.05) is 37.3 Å². The molecule has 0 bridgehead atoms. The van der Waals surface area contributed by atoms with Crippen LogP contribution in [0, 0.1) is 30.1 Å². The Kier molecular flexibility index (Phi) is 4.63. The molecule has 0 unspecified atom stereocenters. The number of benzene rings is 1. The van der Waals surface area contributed by atoms with Crippen molar-refractivity contribution in [3.63, 3.8) is 0 Å². The van der Waals surface area contributed by atoms with Crippen molar-refractivity contribution in [1.29, 1.82) is 5.26 Å². The predicted molar refractivity (Wildman–Crippen MR) is 91.0 cm³/mol. The molecule has 1 aromatic carbocycles. The summed E-state index contributed by atoms with van der Waals surface area (Å²) >= 11 is 0. The standard InChI is InChI=1S/C18H21N5O/c1-12-9-23(10-14-6-4-3-5-7-14)11-16(12)18(24)20-17-15(8-19)13(2)21-22-17/h3-7,12,16H,9-11H2,1-2H3,(H2,20,21,22,24)/t12-,16-/m1/s1. The molecule has 0 saturated carbocycles. The Morgan fingerprint density at radius 3 is 2.88 bits per heavy atom. The molecule has 1 fully saturated rings. The number of nitrogens with one attached hydrogen (secondary N) is 2. The highest BCUT2D eigenvalue weighted by Crippen LogP contribution is 2.26. The van der Waals surface area contributed by atoms with Gasteiger partial charge in [0.15, 0.2) is 5.82 Å². The maximum atomic E-state index is 12.6. The van der Waals surface area contributed by atoms with Gasteiger partial charge in [-0.2, -0.15) is 10.4 Å². The highest BCUT2D eigenvalue weighted by molar-refractivity contribution is 5.93. The number of hydrogen-bond acceptors (Lipinski definition) is 4.